The van der Waals surface area contributed by atoms with Gasteiger partial charge in [0.25, 0.3) is 0 Å². The standard InChI is InChI=1S/C57H93NO5/c1-4-7-10-13-16-19-22-24-26-28-29-31-34-37-40-43-46-49-55(60)54(52-59)58-56(61)51-53(48-45-42-39-36-33-21-18-15-12-9-6-3)63-57(62)50-47-44-41-38-35-32-30-27-25-23-20-17-14-11-8-5-2/h8-9,11-12,15,17-18,20-21,25,27,32-33,35-36,39,41-42,44-45,53-55,59-60H,4-7,10,13-14,16,19,22-24,26,28-31,34,37-38,40,43,46-52H2,1-3H3,(H,58,61)/b11-8+,12-9+,18-15+,20-17+,27-25+,33-21-,35-32+,39-36-,44-41+,45-42+. The van der Waals surface area contributed by atoms with Gasteiger partial charge >= 0.3 is 5.97 Å². The summed E-state index contributed by atoms with van der Waals surface area (Å²) in [6, 6.07) is -0.762. The van der Waals surface area contributed by atoms with E-state index in [1.807, 2.05) is 66.8 Å². The van der Waals surface area contributed by atoms with Gasteiger partial charge in [0.15, 0.2) is 0 Å². The number of nitrogens with one attached hydrogen (secondary N) is 1. The Morgan fingerprint density at radius 1 is 0.508 bits per heavy atom. The van der Waals surface area contributed by atoms with Crippen LogP contribution in [0.5, 0.6) is 0 Å². The summed E-state index contributed by atoms with van der Waals surface area (Å²) in [7, 11) is 0. The van der Waals surface area contributed by atoms with E-state index in [1.165, 1.54) is 89.9 Å². The molecule has 356 valence electrons. The van der Waals surface area contributed by atoms with Gasteiger partial charge in [0.1, 0.15) is 6.10 Å². The molecule has 0 aliphatic carbocycles. The zero-order valence-electron chi connectivity index (χ0n) is 40.4. The molecule has 0 aromatic carbocycles. The molecule has 3 atom stereocenters. The Balaban J connectivity index is 4.72. The van der Waals surface area contributed by atoms with Crippen LogP contribution in [0, 0.1) is 0 Å². The minimum atomic E-state index is -0.838. The summed E-state index contributed by atoms with van der Waals surface area (Å²) in [5.74, 6) is -0.719. The summed E-state index contributed by atoms with van der Waals surface area (Å²) >= 11 is 0. The van der Waals surface area contributed by atoms with Gasteiger partial charge in [-0.15, -0.1) is 0 Å². The van der Waals surface area contributed by atoms with Crippen molar-refractivity contribution in [3.05, 3.63) is 122 Å². The van der Waals surface area contributed by atoms with Crippen molar-refractivity contribution >= 4 is 11.9 Å². The molecule has 0 saturated carbocycles. The summed E-state index contributed by atoms with van der Waals surface area (Å²) < 4.78 is 5.79. The third kappa shape index (κ3) is 44.7. The number of hydrogen-bond acceptors (Lipinski definition) is 5. The number of rotatable bonds is 43. The first-order valence-electron chi connectivity index (χ1n) is 25.3. The van der Waals surface area contributed by atoms with Gasteiger partial charge < -0.3 is 20.3 Å². The van der Waals surface area contributed by atoms with Crippen molar-refractivity contribution in [2.24, 2.45) is 0 Å². The number of aliphatic hydroxyl groups excluding tert-OH is 2. The Kier molecular flexibility index (Phi) is 46.4. The molecule has 3 unspecified atom stereocenters. The lowest BCUT2D eigenvalue weighted by molar-refractivity contribution is -0.150. The van der Waals surface area contributed by atoms with E-state index in [-0.39, 0.29) is 31.3 Å². The Morgan fingerprint density at radius 2 is 0.921 bits per heavy atom. The molecule has 0 heterocycles. The Bertz CT molecular complexity index is 1350. The fourth-order valence-electron chi connectivity index (χ4n) is 6.91. The number of ether oxygens (including phenoxy) is 1. The van der Waals surface area contributed by atoms with Crippen LogP contribution in [0.2, 0.25) is 0 Å². The maximum absolute atomic E-state index is 13.2. The van der Waals surface area contributed by atoms with Gasteiger partial charge in [-0.1, -0.05) is 251 Å². The summed E-state index contributed by atoms with van der Waals surface area (Å²) in [6.07, 6.45) is 68.7. The molecule has 0 spiro atoms. The highest BCUT2D eigenvalue weighted by Crippen LogP contribution is 2.16. The van der Waals surface area contributed by atoms with E-state index in [0.717, 1.165) is 57.8 Å². The Hall–Kier alpha value is -3.74. The van der Waals surface area contributed by atoms with Crippen molar-refractivity contribution in [2.75, 3.05) is 6.61 Å². The van der Waals surface area contributed by atoms with Crippen molar-refractivity contribution < 1.29 is 24.5 Å². The molecular weight excluding hydrogens is 779 g/mol. The molecule has 1 amide bonds. The van der Waals surface area contributed by atoms with Crippen molar-refractivity contribution in [1.29, 1.82) is 0 Å². The topological polar surface area (TPSA) is 95.9 Å². The Labute approximate surface area is 387 Å². The van der Waals surface area contributed by atoms with Gasteiger partial charge in [0, 0.05) is 12.8 Å². The summed E-state index contributed by atoms with van der Waals surface area (Å²) in [4.78, 5) is 26.0. The minimum absolute atomic E-state index is 0.0558. The third-order valence-corrected chi connectivity index (χ3v) is 10.7. The smallest absolute Gasteiger partial charge is 0.306 e. The molecule has 0 aromatic heterocycles. The fourth-order valence-corrected chi connectivity index (χ4v) is 6.91. The lowest BCUT2D eigenvalue weighted by Crippen LogP contribution is -2.46. The van der Waals surface area contributed by atoms with Crippen molar-refractivity contribution in [3.63, 3.8) is 0 Å². The number of hydrogen-bond donors (Lipinski definition) is 3. The molecule has 0 radical (unpaired) electrons. The van der Waals surface area contributed by atoms with Crippen LogP contribution in [0.15, 0.2) is 122 Å². The van der Waals surface area contributed by atoms with Gasteiger partial charge in [-0.2, -0.15) is 0 Å². The summed E-state index contributed by atoms with van der Waals surface area (Å²) in [5, 5.41) is 23.7. The number of carbonyl (C=O) groups is 2. The third-order valence-electron chi connectivity index (χ3n) is 10.7. The molecule has 0 aromatic rings. The monoisotopic (exact) mass is 872 g/mol. The van der Waals surface area contributed by atoms with Crippen LogP contribution in [-0.2, 0) is 14.3 Å². The molecule has 0 rings (SSSR count). The average molecular weight is 872 g/mol. The van der Waals surface area contributed by atoms with Crippen molar-refractivity contribution in [1.82, 2.24) is 5.32 Å². The fraction of sp³-hybridized carbons (Fsp3) is 0.614. The SMILES string of the molecule is CC/C=C/C=C/C=C\C=C/C=C/CC(CC(=O)NC(CO)C(O)CCCCCCCCCCCCCCCCCCC)OC(=O)CC/C=C/C/C=C/C/C=C/C/C=C/C/C=C/CC. The molecule has 0 fully saturated rings. The van der Waals surface area contributed by atoms with E-state index >= 15 is 0 Å². The lowest BCUT2D eigenvalue weighted by atomic mass is 10.0. The Morgan fingerprint density at radius 3 is 1.38 bits per heavy atom. The average Bonchev–Trinajstić information content (AvgIpc) is 3.28. The van der Waals surface area contributed by atoms with Crippen molar-refractivity contribution in [3.8, 4) is 0 Å². The number of allylic oxidation sites excluding steroid dienone is 19. The molecule has 3 N–H and O–H groups in total. The van der Waals surface area contributed by atoms with Crippen LogP contribution in [0.1, 0.15) is 201 Å². The maximum Gasteiger partial charge on any atom is 0.306 e. The molecule has 0 saturated heterocycles. The highest BCUT2D eigenvalue weighted by Gasteiger charge is 2.23. The predicted octanol–water partition coefficient (Wildman–Crippen LogP) is 15.3. The number of aliphatic hydroxyl groups is 2. The van der Waals surface area contributed by atoms with Crippen LogP contribution >= 0.6 is 0 Å². The first-order chi connectivity index (χ1) is 31.0. The van der Waals surface area contributed by atoms with E-state index in [0.29, 0.717) is 19.3 Å². The van der Waals surface area contributed by atoms with Gasteiger partial charge in [-0.25, -0.2) is 0 Å². The number of esters is 1. The summed E-state index contributed by atoms with van der Waals surface area (Å²) in [6.45, 7) is 6.16. The highest BCUT2D eigenvalue weighted by atomic mass is 16.5. The second kappa shape index (κ2) is 49.3. The van der Waals surface area contributed by atoms with Crippen LogP contribution in [0.3, 0.4) is 0 Å². The number of carbonyl (C=O) groups excluding carboxylic acids is 2. The highest BCUT2D eigenvalue weighted by molar-refractivity contribution is 5.77. The first-order valence-corrected chi connectivity index (χ1v) is 25.3. The van der Waals surface area contributed by atoms with Crippen molar-refractivity contribution in [2.45, 2.75) is 219 Å². The van der Waals surface area contributed by atoms with Gasteiger partial charge in [-0.05, 0) is 51.4 Å². The maximum atomic E-state index is 13.2. The largest absolute Gasteiger partial charge is 0.461 e. The van der Waals surface area contributed by atoms with Gasteiger partial charge in [-0.3, -0.25) is 9.59 Å². The number of amides is 1. The first kappa shape index (κ1) is 59.3. The van der Waals surface area contributed by atoms with Gasteiger partial charge in [0.2, 0.25) is 5.91 Å². The lowest BCUT2D eigenvalue weighted by Gasteiger charge is -2.24. The zero-order valence-corrected chi connectivity index (χ0v) is 40.4. The van der Waals surface area contributed by atoms with Crippen LogP contribution in [0.25, 0.3) is 0 Å². The molecule has 6 nitrogen and oxygen atoms in total. The molecular formula is C57H93NO5. The van der Waals surface area contributed by atoms with Crippen LogP contribution in [0.4, 0.5) is 0 Å². The van der Waals surface area contributed by atoms with E-state index in [1.54, 1.807) is 0 Å². The van der Waals surface area contributed by atoms with E-state index in [2.05, 4.69) is 80.8 Å². The molecule has 0 bridgehead atoms. The predicted molar refractivity (Wildman–Crippen MR) is 273 cm³/mol. The van der Waals surface area contributed by atoms with E-state index in [9.17, 15) is 19.8 Å². The van der Waals surface area contributed by atoms with E-state index in [4.69, 9.17) is 4.74 Å². The zero-order chi connectivity index (χ0) is 45.9. The minimum Gasteiger partial charge on any atom is -0.461 e. The number of unbranched alkanes of at least 4 members (excludes halogenated alkanes) is 16. The second-order valence-electron chi connectivity index (χ2n) is 16.6. The second-order valence-corrected chi connectivity index (χ2v) is 16.6. The van der Waals surface area contributed by atoms with Gasteiger partial charge in [0.05, 0.1) is 25.2 Å². The molecule has 6 heteroatoms. The summed E-state index contributed by atoms with van der Waals surface area (Å²) in [5.41, 5.74) is 0. The quantitative estimate of drug-likeness (QED) is 0.0245. The molecule has 0 aliphatic heterocycles. The molecule has 0 aliphatic rings. The van der Waals surface area contributed by atoms with E-state index < -0.39 is 18.2 Å². The normalized spacial score (nSPS) is 14.3. The van der Waals surface area contributed by atoms with Crippen LogP contribution in [-0.4, -0.2) is 46.9 Å². The van der Waals surface area contributed by atoms with Crippen LogP contribution < -0.4 is 5.32 Å². The molecule has 63 heavy (non-hydrogen) atoms.